The van der Waals surface area contributed by atoms with Crippen molar-refractivity contribution in [1.82, 2.24) is 10.2 Å². The van der Waals surface area contributed by atoms with Crippen molar-refractivity contribution < 1.29 is 4.39 Å². The van der Waals surface area contributed by atoms with E-state index in [1.54, 1.807) is 6.07 Å². The van der Waals surface area contributed by atoms with E-state index >= 15 is 0 Å². The number of rotatable bonds is 3. The molecule has 1 aromatic rings. The Labute approximate surface area is 122 Å². The first kappa shape index (κ1) is 13.6. The van der Waals surface area contributed by atoms with Gasteiger partial charge in [-0.05, 0) is 30.9 Å². The van der Waals surface area contributed by atoms with Crippen LogP contribution in [0.4, 0.5) is 4.39 Å². The van der Waals surface area contributed by atoms with E-state index in [1.165, 1.54) is 6.07 Å². The first-order valence-corrected chi connectivity index (χ1v) is 7.52. The van der Waals surface area contributed by atoms with E-state index in [2.05, 4.69) is 10.2 Å². The lowest BCUT2D eigenvalue weighted by Gasteiger charge is -2.36. The number of nitrogens with zero attached hydrogens (tertiary/aromatic N) is 1. The first-order chi connectivity index (χ1) is 9.18. The van der Waals surface area contributed by atoms with Crippen molar-refractivity contribution in [2.24, 2.45) is 5.92 Å². The largest absolute Gasteiger partial charge is 0.314 e. The molecular formula is C14H17Cl2FN2. The number of hydrogen-bond acceptors (Lipinski definition) is 2. The molecule has 1 heterocycles. The Morgan fingerprint density at radius 1 is 1.16 bits per heavy atom. The lowest BCUT2D eigenvalue weighted by atomic mass is 9.99. The summed E-state index contributed by atoms with van der Waals surface area (Å²) in [6.07, 6.45) is 2.30. The molecule has 1 saturated heterocycles. The van der Waals surface area contributed by atoms with Gasteiger partial charge in [0.15, 0.2) is 0 Å². The Hall–Kier alpha value is -0.350. The summed E-state index contributed by atoms with van der Waals surface area (Å²) in [4.78, 5) is 2.34. The lowest BCUT2D eigenvalue weighted by molar-refractivity contribution is 0.153. The monoisotopic (exact) mass is 302 g/mol. The molecule has 19 heavy (non-hydrogen) atoms. The van der Waals surface area contributed by atoms with Crippen LogP contribution in [-0.4, -0.2) is 31.1 Å². The molecule has 1 atom stereocenters. The number of nitrogens with one attached hydrogen (secondary N) is 1. The minimum absolute atomic E-state index is 0.0771. The van der Waals surface area contributed by atoms with Gasteiger partial charge in [0.25, 0.3) is 0 Å². The standard InChI is InChI=1S/C14H17Cl2FN2/c15-10-3-4-11(16)13(17)12(10)14(9-1-2-9)19-7-5-18-6-8-19/h3-4,9,14,18H,1-2,5-8H2/t14-/m1/s1. The van der Waals surface area contributed by atoms with Crippen LogP contribution >= 0.6 is 23.2 Å². The lowest BCUT2D eigenvalue weighted by Crippen LogP contribution is -2.46. The molecule has 5 heteroatoms. The number of benzene rings is 1. The van der Waals surface area contributed by atoms with Crippen molar-refractivity contribution in [2.75, 3.05) is 26.2 Å². The van der Waals surface area contributed by atoms with Gasteiger partial charge in [-0.15, -0.1) is 0 Å². The van der Waals surface area contributed by atoms with E-state index in [-0.39, 0.29) is 16.9 Å². The van der Waals surface area contributed by atoms with Gasteiger partial charge in [0.2, 0.25) is 0 Å². The third-order valence-electron chi connectivity index (χ3n) is 3.99. The molecule has 1 aliphatic carbocycles. The highest BCUT2D eigenvalue weighted by Gasteiger charge is 2.39. The van der Waals surface area contributed by atoms with Crippen LogP contribution in [0.25, 0.3) is 0 Å². The molecular weight excluding hydrogens is 286 g/mol. The maximum absolute atomic E-state index is 14.4. The van der Waals surface area contributed by atoms with Gasteiger partial charge in [-0.25, -0.2) is 4.39 Å². The average Bonchev–Trinajstić information content (AvgIpc) is 3.24. The second kappa shape index (κ2) is 5.57. The Morgan fingerprint density at radius 2 is 1.79 bits per heavy atom. The second-order valence-corrected chi connectivity index (χ2v) is 6.14. The van der Waals surface area contributed by atoms with E-state index < -0.39 is 0 Å². The van der Waals surface area contributed by atoms with Gasteiger partial charge in [-0.3, -0.25) is 4.90 Å². The predicted octanol–water partition coefficient (Wildman–Crippen LogP) is 3.49. The summed E-state index contributed by atoms with van der Waals surface area (Å²) in [6.45, 7) is 3.76. The van der Waals surface area contributed by atoms with Crippen LogP contribution in [-0.2, 0) is 0 Å². The Morgan fingerprint density at radius 3 is 2.42 bits per heavy atom. The molecule has 1 saturated carbocycles. The minimum Gasteiger partial charge on any atom is -0.314 e. The SMILES string of the molecule is Fc1c(Cl)ccc(Cl)c1[C@@H](C1CC1)N1CCNCC1. The zero-order valence-electron chi connectivity index (χ0n) is 10.6. The Kier molecular flexibility index (Phi) is 3.99. The van der Waals surface area contributed by atoms with E-state index in [1.807, 2.05) is 0 Å². The fraction of sp³-hybridized carbons (Fsp3) is 0.571. The van der Waals surface area contributed by atoms with Crippen LogP contribution < -0.4 is 5.32 Å². The molecule has 104 valence electrons. The molecule has 2 fully saturated rings. The predicted molar refractivity (Wildman–Crippen MR) is 76.3 cm³/mol. The molecule has 0 radical (unpaired) electrons. The van der Waals surface area contributed by atoms with Crippen molar-refractivity contribution in [3.63, 3.8) is 0 Å². The summed E-state index contributed by atoms with van der Waals surface area (Å²) in [5, 5.41) is 3.99. The highest BCUT2D eigenvalue weighted by Crippen LogP contribution is 2.47. The summed E-state index contributed by atoms with van der Waals surface area (Å²) < 4.78 is 14.4. The Balaban J connectivity index is 1.97. The molecule has 0 spiro atoms. The van der Waals surface area contributed by atoms with Crippen LogP contribution in [0, 0.1) is 11.7 Å². The molecule has 3 rings (SSSR count). The molecule has 0 bridgehead atoms. The molecule has 2 aliphatic rings. The van der Waals surface area contributed by atoms with Gasteiger partial charge in [-0.1, -0.05) is 23.2 Å². The van der Waals surface area contributed by atoms with Gasteiger partial charge in [0.1, 0.15) is 5.82 Å². The summed E-state index contributed by atoms with van der Waals surface area (Å²) in [5.74, 6) is 0.174. The van der Waals surface area contributed by atoms with Crippen molar-refractivity contribution in [1.29, 1.82) is 0 Å². The average molecular weight is 303 g/mol. The molecule has 0 aromatic heterocycles. The zero-order valence-corrected chi connectivity index (χ0v) is 12.1. The smallest absolute Gasteiger partial charge is 0.148 e. The maximum atomic E-state index is 14.4. The molecule has 1 aliphatic heterocycles. The van der Waals surface area contributed by atoms with Gasteiger partial charge in [0.05, 0.1) is 5.02 Å². The van der Waals surface area contributed by atoms with Crippen LogP contribution in [0.3, 0.4) is 0 Å². The van der Waals surface area contributed by atoms with E-state index in [0.717, 1.165) is 39.0 Å². The number of halogens is 3. The topological polar surface area (TPSA) is 15.3 Å². The molecule has 1 N–H and O–H groups in total. The van der Waals surface area contributed by atoms with Crippen molar-refractivity contribution in [2.45, 2.75) is 18.9 Å². The van der Waals surface area contributed by atoms with Gasteiger partial charge in [0, 0.05) is 42.8 Å². The second-order valence-electron chi connectivity index (χ2n) is 5.33. The van der Waals surface area contributed by atoms with Crippen LogP contribution in [0.15, 0.2) is 12.1 Å². The van der Waals surface area contributed by atoms with E-state index in [0.29, 0.717) is 16.5 Å². The zero-order chi connectivity index (χ0) is 13.4. The normalized spacial score (nSPS) is 22.5. The fourth-order valence-corrected chi connectivity index (χ4v) is 3.33. The number of hydrogen-bond donors (Lipinski definition) is 1. The van der Waals surface area contributed by atoms with Gasteiger partial charge >= 0.3 is 0 Å². The minimum atomic E-state index is -0.343. The summed E-state index contributed by atoms with van der Waals surface area (Å²) in [6, 6.07) is 3.32. The third kappa shape index (κ3) is 2.75. The third-order valence-corrected chi connectivity index (χ3v) is 4.61. The Bertz CT molecular complexity index is 471. The molecule has 2 nitrogen and oxygen atoms in total. The van der Waals surface area contributed by atoms with Crippen molar-refractivity contribution in [3.05, 3.63) is 33.6 Å². The molecule has 1 aromatic carbocycles. The van der Waals surface area contributed by atoms with Crippen LogP contribution in [0.1, 0.15) is 24.4 Å². The van der Waals surface area contributed by atoms with E-state index in [9.17, 15) is 4.39 Å². The fourth-order valence-electron chi connectivity index (χ4n) is 2.90. The highest BCUT2D eigenvalue weighted by molar-refractivity contribution is 6.33. The summed E-state index contributed by atoms with van der Waals surface area (Å²) in [5.41, 5.74) is 0.596. The van der Waals surface area contributed by atoms with E-state index in [4.69, 9.17) is 23.2 Å². The number of piperazine rings is 1. The van der Waals surface area contributed by atoms with Crippen LogP contribution in [0.5, 0.6) is 0 Å². The maximum Gasteiger partial charge on any atom is 0.148 e. The van der Waals surface area contributed by atoms with Crippen molar-refractivity contribution >= 4 is 23.2 Å². The quantitative estimate of drug-likeness (QED) is 0.860. The summed E-state index contributed by atoms with van der Waals surface area (Å²) >= 11 is 12.2. The summed E-state index contributed by atoms with van der Waals surface area (Å²) in [7, 11) is 0. The van der Waals surface area contributed by atoms with Crippen molar-refractivity contribution in [3.8, 4) is 0 Å². The van der Waals surface area contributed by atoms with Crippen LogP contribution in [0.2, 0.25) is 10.0 Å². The molecule has 0 amide bonds. The molecule has 0 unspecified atom stereocenters. The van der Waals surface area contributed by atoms with Gasteiger partial charge in [-0.2, -0.15) is 0 Å². The first-order valence-electron chi connectivity index (χ1n) is 6.76. The van der Waals surface area contributed by atoms with Gasteiger partial charge < -0.3 is 5.32 Å². The highest BCUT2D eigenvalue weighted by atomic mass is 35.5.